The summed E-state index contributed by atoms with van der Waals surface area (Å²) in [7, 11) is 0. The highest BCUT2D eigenvalue weighted by molar-refractivity contribution is 6.31. The van der Waals surface area contributed by atoms with Crippen LogP contribution < -0.4 is 11.1 Å². The minimum atomic E-state index is -0.674. The SMILES string of the molecule is Cc1ccc(F)c(Nc2ccc(Cl)cc2N)c1F. The van der Waals surface area contributed by atoms with E-state index in [0.29, 0.717) is 22.0 Å². The lowest BCUT2D eigenvalue weighted by molar-refractivity contribution is 0.585. The van der Waals surface area contributed by atoms with Gasteiger partial charge in [-0.1, -0.05) is 17.7 Å². The molecule has 18 heavy (non-hydrogen) atoms. The summed E-state index contributed by atoms with van der Waals surface area (Å²) in [5.41, 5.74) is 6.58. The first-order chi connectivity index (χ1) is 8.49. The number of halogens is 3. The van der Waals surface area contributed by atoms with Gasteiger partial charge in [0.05, 0.1) is 11.4 Å². The maximum Gasteiger partial charge on any atom is 0.152 e. The number of benzene rings is 2. The fraction of sp³-hybridized carbons (Fsp3) is 0.0769. The highest BCUT2D eigenvalue weighted by Gasteiger charge is 2.12. The van der Waals surface area contributed by atoms with Crippen molar-refractivity contribution in [3.63, 3.8) is 0 Å². The molecule has 0 saturated heterocycles. The Morgan fingerprint density at radius 2 is 1.89 bits per heavy atom. The Bertz CT molecular complexity index is 600. The summed E-state index contributed by atoms with van der Waals surface area (Å²) in [6.45, 7) is 1.56. The van der Waals surface area contributed by atoms with Crippen LogP contribution in [0.4, 0.5) is 25.8 Å². The maximum absolute atomic E-state index is 13.8. The van der Waals surface area contributed by atoms with Gasteiger partial charge in [-0.2, -0.15) is 0 Å². The summed E-state index contributed by atoms with van der Waals surface area (Å²) >= 11 is 5.75. The third-order valence-electron chi connectivity index (χ3n) is 2.56. The number of rotatable bonds is 2. The quantitative estimate of drug-likeness (QED) is 0.799. The molecular weight excluding hydrogens is 258 g/mol. The van der Waals surface area contributed by atoms with Gasteiger partial charge in [0.2, 0.25) is 0 Å². The van der Waals surface area contributed by atoms with Crippen molar-refractivity contribution >= 4 is 28.7 Å². The van der Waals surface area contributed by atoms with Crippen LogP contribution in [0.3, 0.4) is 0 Å². The van der Waals surface area contributed by atoms with Crippen molar-refractivity contribution in [1.29, 1.82) is 0 Å². The van der Waals surface area contributed by atoms with Crippen LogP contribution in [0.1, 0.15) is 5.56 Å². The molecule has 2 aromatic rings. The van der Waals surface area contributed by atoms with Crippen LogP contribution in [0.15, 0.2) is 30.3 Å². The van der Waals surface area contributed by atoms with Gasteiger partial charge in [-0.15, -0.1) is 0 Å². The molecule has 0 spiro atoms. The second-order valence-corrected chi connectivity index (χ2v) is 4.35. The van der Waals surface area contributed by atoms with E-state index >= 15 is 0 Å². The molecule has 2 rings (SSSR count). The van der Waals surface area contributed by atoms with Gasteiger partial charge in [-0.3, -0.25) is 0 Å². The monoisotopic (exact) mass is 268 g/mol. The molecule has 0 atom stereocenters. The minimum Gasteiger partial charge on any atom is -0.397 e. The number of aryl methyl sites for hydroxylation is 1. The Morgan fingerprint density at radius 3 is 2.56 bits per heavy atom. The molecule has 2 aromatic carbocycles. The van der Waals surface area contributed by atoms with Crippen molar-refractivity contribution in [2.24, 2.45) is 0 Å². The number of nitrogens with one attached hydrogen (secondary N) is 1. The Morgan fingerprint density at radius 1 is 1.17 bits per heavy atom. The summed E-state index contributed by atoms with van der Waals surface area (Å²) in [5.74, 6) is -1.31. The summed E-state index contributed by atoms with van der Waals surface area (Å²) in [6.07, 6.45) is 0. The van der Waals surface area contributed by atoms with Crippen molar-refractivity contribution < 1.29 is 8.78 Å². The second kappa shape index (κ2) is 4.82. The van der Waals surface area contributed by atoms with E-state index in [1.165, 1.54) is 18.2 Å². The smallest absolute Gasteiger partial charge is 0.152 e. The molecule has 0 unspecified atom stereocenters. The van der Waals surface area contributed by atoms with Crippen molar-refractivity contribution in [1.82, 2.24) is 0 Å². The minimum absolute atomic E-state index is 0.218. The molecule has 0 bridgehead atoms. The normalized spacial score (nSPS) is 10.4. The van der Waals surface area contributed by atoms with Gasteiger partial charge >= 0.3 is 0 Å². The van der Waals surface area contributed by atoms with Gasteiger partial charge < -0.3 is 11.1 Å². The zero-order valence-corrected chi connectivity index (χ0v) is 10.4. The lowest BCUT2D eigenvalue weighted by Crippen LogP contribution is -2.02. The van der Waals surface area contributed by atoms with E-state index in [9.17, 15) is 8.78 Å². The van der Waals surface area contributed by atoms with E-state index in [-0.39, 0.29) is 5.69 Å². The number of hydrogen-bond donors (Lipinski definition) is 2. The molecule has 3 N–H and O–H groups in total. The zero-order chi connectivity index (χ0) is 13.3. The number of nitrogens with two attached hydrogens (primary N) is 1. The average Bonchev–Trinajstić information content (AvgIpc) is 2.32. The van der Waals surface area contributed by atoms with Crippen LogP contribution in [0.25, 0.3) is 0 Å². The van der Waals surface area contributed by atoms with Crippen LogP contribution in [0.5, 0.6) is 0 Å². The third-order valence-corrected chi connectivity index (χ3v) is 2.79. The molecule has 0 fully saturated rings. The fourth-order valence-corrected chi connectivity index (χ4v) is 1.73. The van der Waals surface area contributed by atoms with E-state index in [1.54, 1.807) is 19.1 Å². The maximum atomic E-state index is 13.8. The van der Waals surface area contributed by atoms with Gasteiger partial charge in [-0.25, -0.2) is 8.78 Å². The molecule has 0 aliphatic carbocycles. The van der Waals surface area contributed by atoms with Crippen LogP contribution >= 0.6 is 11.6 Å². The van der Waals surface area contributed by atoms with Crippen molar-refractivity contribution in [3.8, 4) is 0 Å². The van der Waals surface area contributed by atoms with E-state index < -0.39 is 11.6 Å². The first-order valence-corrected chi connectivity index (χ1v) is 5.63. The second-order valence-electron chi connectivity index (χ2n) is 3.91. The van der Waals surface area contributed by atoms with Gasteiger partial charge in [0.1, 0.15) is 11.5 Å². The van der Waals surface area contributed by atoms with Gasteiger partial charge in [0.15, 0.2) is 5.82 Å². The average molecular weight is 269 g/mol. The van der Waals surface area contributed by atoms with Crippen LogP contribution in [-0.2, 0) is 0 Å². The highest BCUT2D eigenvalue weighted by atomic mass is 35.5. The van der Waals surface area contributed by atoms with Gasteiger partial charge in [0, 0.05) is 5.02 Å². The molecule has 0 aliphatic rings. The standard InChI is InChI=1S/C13H11ClF2N2/c1-7-2-4-9(15)13(12(7)16)18-11-5-3-8(14)6-10(11)17/h2-6,18H,17H2,1H3. The molecule has 0 saturated carbocycles. The Labute approximate surface area is 108 Å². The van der Waals surface area contributed by atoms with Crippen molar-refractivity contribution in [3.05, 3.63) is 52.6 Å². The molecule has 5 heteroatoms. The van der Waals surface area contributed by atoms with E-state index in [1.807, 2.05) is 0 Å². The van der Waals surface area contributed by atoms with Crippen molar-refractivity contribution in [2.45, 2.75) is 6.92 Å². The van der Waals surface area contributed by atoms with Crippen LogP contribution in [-0.4, -0.2) is 0 Å². The molecule has 2 nitrogen and oxygen atoms in total. The number of hydrogen-bond acceptors (Lipinski definition) is 2. The summed E-state index contributed by atoms with van der Waals surface area (Å²) in [5, 5.41) is 3.10. The first-order valence-electron chi connectivity index (χ1n) is 5.25. The van der Waals surface area contributed by atoms with Crippen LogP contribution in [0.2, 0.25) is 5.02 Å². The van der Waals surface area contributed by atoms with Gasteiger partial charge in [0.25, 0.3) is 0 Å². The fourth-order valence-electron chi connectivity index (χ4n) is 1.55. The summed E-state index contributed by atoms with van der Waals surface area (Å²) in [6, 6.07) is 7.24. The molecule has 0 aliphatic heterocycles. The Hall–Kier alpha value is -1.81. The summed E-state index contributed by atoms with van der Waals surface area (Å²) in [4.78, 5) is 0. The van der Waals surface area contributed by atoms with E-state index in [4.69, 9.17) is 17.3 Å². The lowest BCUT2D eigenvalue weighted by Gasteiger charge is -2.12. The predicted molar refractivity (Wildman–Crippen MR) is 70.2 cm³/mol. The van der Waals surface area contributed by atoms with Crippen LogP contribution in [0, 0.1) is 18.6 Å². The Balaban J connectivity index is 2.43. The predicted octanol–water partition coefficient (Wildman–Crippen LogP) is 4.25. The molecule has 0 radical (unpaired) electrons. The Kier molecular flexibility index (Phi) is 3.39. The first kappa shape index (κ1) is 12.6. The molecule has 0 amide bonds. The summed E-state index contributed by atoms with van der Waals surface area (Å²) < 4.78 is 27.3. The molecule has 94 valence electrons. The molecular formula is C13H11ClF2N2. The zero-order valence-electron chi connectivity index (χ0n) is 9.60. The highest BCUT2D eigenvalue weighted by Crippen LogP contribution is 2.29. The van der Waals surface area contributed by atoms with E-state index in [2.05, 4.69) is 5.32 Å². The molecule has 0 aromatic heterocycles. The van der Waals surface area contributed by atoms with E-state index in [0.717, 1.165) is 0 Å². The van der Waals surface area contributed by atoms with Gasteiger partial charge in [-0.05, 0) is 36.8 Å². The third kappa shape index (κ3) is 2.38. The number of nitrogen functional groups attached to an aromatic ring is 1. The van der Waals surface area contributed by atoms with Crippen molar-refractivity contribution in [2.75, 3.05) is 11.1 Å². The lowest BCUT2D eigenvalue weighted by atomic mass is 10.2. The topological polar surface area (TPSA) is 38.0 Å². The largest absolute Gasteiger partial charge is 0.397 e. The number of anilines is 3. The molecule has 0 heterocycles.